The van der Waals surface area contributed by atoms with Crippen molar-refractivity contribution in [1.29, 1.82) is 0 Å². The van der Waals surface area contributed by atoms with E-state index in [1.54, 1.807) is 7.11 Å². The molecule has 4 heteroatoms. The number of hydrogen-bond donors (Lipinski definition) is 2. The zero-order valence-corrected chi connectivity index (χ0v) is 14.1. The lowest BCUT2D eigenvalue weighted by Gasteiger charge is -2.50. The summed E-state index contributed by atoms with van der Waals surface area (Å²) in [6, 6.07) is 3.97. The molecule has 24 heavy (non-hydrogen) atoms. The Bertz CT molecular complexity index is 609. The van der Waals surface area contributed by atoms with Crippen LogP contribution in [-0.4, -0.2) is 31.8 Å². The zero-order chi connectivity index (χ0) is 15.5. The lowest BCUT2D eigenvalue weighted by atomic mass is 9.55. The first kappa shape index (κ1) is 19.2. The van der Waals surface area contributed by atoms with Gasteiger partial charge in [0.1, 0.15) is 0 Å². The van der Waals surface area contributed by atoms with Gasteiger partial charge in [-0.25, -0.2) is 0 Å². The maximum atomic E-state index is 10.4. The zero-order valence-electron chi connectivity index (χ0n) is 14.1. The van der Waals surface area contributed by atoms with Crippen molar-refractivity contribution in [2.45, 2.75) is 64.9 Å². The van der Waals surface area contributed by atoms with Crippen LogP contribution in [0.1, 0.15) is 64.9 Å². The minimum absolute atomic E-state index is 0. The Hall–Kier alpha value is -1.16. The summed E-state index contributed by atoms with van der Waals surface area (Å²) in [6.07, 6.45) is 6.51. The number of methoxy groups -OCH3 is 1. The Balaban J connectivity index is 0.00000104. The Morgan fingerprint density at radius 1 is 1.21 bits per heavy atom. The van der Waals surface area contributed by atoms with Gasteiger partial charge in [-0.1, -0.05) is 14.4 Å². The topological polar surface area (TPSA) is 49.7 Å². The third kappa shape index (κ3) is 2.54. The largest absolute Gasteiger partial charge is 0.504 e. The number of fused-ring (bicyclic) bond motifs is 5. The van der Waals surface area contributed by atoms with Gasteiger partial charge in [0.2, 0.25) is 0 Å². The van der Waals surface area contributed by atoms with Crippen molar-refractivity contribution in [2.75, 3.05) is 7.11 Å². The lowest BCUT2D eigenvalue weighted by Crippen LogP contribution is -2.43. The Labute approximate surface area is 149 Å². The van der Waals surface area contributed by atoms with Crippen LogP contribution in [-0.2, 0) is 6.42 Å². The summed E-state index contributed by atoms with van der Waals surface area (Å²) in [7, 11) is 1.62. The molecular formula is C20H32BO3. The van der Waals surface area contributed by atoms with Crippen LogP contribution in [0.2, 0.25) is 0 Å². The summed E-state index contributed by atoms with van der Waals surface area (Å²) < 4.78 is 5.32. The molecule has 1 aromatic carbocycles. The summed E-state index contributed by atoms with van der Waals surface area (Å²) in [4.78, 5) is 0. The number of rotatable bonds is 1. The first-order valence-corrected chi connectivity index (χ1v) is 8.62. The van der Waals surface area contributed by atoms with E-state index in [0.717, 1.165) is 25.7 Å². The highest BCUT2D eigenvalue weighted by atomic mass is 16.5. The number of aryl methyl sites for hydroxylation is 1. The van der Waals surface area contributed by atoms with Gasteiger partial charge in [-0.05, 0) is 85.0 Å². The quantitative estimate of drug-likeness (QED) is 0.761. The lowest BCUT2D eigenvalue weighted by molar-refractivity contribution is -0.0226. The van der Waals surface area contributed by atoms with Gasteiger partial charge in [0.15, 0.2) is 11.5 Å². The van der Waals surface area contributed by atoms with Gasteiger partial charge in [0.05, 0.1) is 13.2 Å². The molecule has 5 unspecified atom stereocenters. The van der Waals surface area contributed by atoms with E-state index in [1.807, 2.05) is 6.07 Å². The number of benzene rings is 1. The Morgan fingerprint density at radius 3 is 2.67 bits per heavy atom. The standard InChI is InChI=1S/C19H26O3.CH4.B.H2/c1-19-8-7-12-13(15(19)5-6-18(19)21)4-3-11-9-16(20)17(22-2)10-14(11)12;;;/h9-10,12-13,15,18,20-21H,3-8H2,1-2H3;1H4;;1H/i;;;1+1. The fourth-order valence-corrected chi connectivity index (χ4v) is 5.72. The van der Waals surface area contributed by atoms with Gasteiger partial charge in [0.25, 0.3) is 0 Å². The van der Waals surface area contributed by atoms with E-state index >= 15 is 0 Å². The van der Waals surface area contributed by atoms with Crippen LogP contribution in [0.4, 0.5) is 0 Å². The molecule has 2 saturated carbocycles. The molecule has 4 rings (SSSR count). The highest BCUT2D eigenvalue weighted by Gasteiger charge is 2.54. The van der Waals surface area contributed by atoms with Crippen LogP contribution in [0.25, 0.3) is 0 Å². The molecule has 0 aliphatic heterocycles. The fourth-order valence-electron chi connectivity index (χ4n) is 5.72. The van der Waals surface area contributed by atoms with E-state index < -0.39 is 0 Å². The molecule has 0 saturated heterocycles. The number of phenols is 1. The van der Waals surface area contributed by atoms with E-state index in [0.29, 0.717) is 23.5 Å². The van der Waals surface area contributed by atoms with Gasteiger partial charge in [-0.2, -0.15) is 0 Å². The molecule has 0 heterocycles. The number of ether oxygens (including phenoxy) is 1. The molecule has 5 atom stereocenters. The Morgan fingerprint density at radius 2 is 1.96 bits per heavy atom. The maximum Gasteiger partial charge on any atom is 0.160 e. The molecule has 1 aromatic rings. The van der Waals surface area contributed by atoms with Crippen molar-refractivity contribution in [3.8, 4) is 11.5 Å². The molecule has 0 amide bonds. The number of aromatic hydroxyl groups is 1. The summed E-state index contributed by atoms with van der Waals surface area (Å²) in [5.74, 6) is 2.75. The monoisotopic (exact) mass is 332 g/mol. The van der Waals surface area contributed by atoms with Crippen molar-refractivity contribution in [2.24, 2.45) is 17.3 Å². The third-order valence-corrected chi connectivity index (χ3v) is 6.97. The van der Waals surface area contributed by atoms with Crippen LogP contribution in [0.3, 0.4) is 0 Å². The van der Waals surface area contributed by atoms with Crippen LogP contribution >= 0.6 is 0 Å². The van der Waals surface area contributed by atoms with E-state index in [-0.39, 0.29) is 34.5 Å². The van der Waals surface area contributed by atoms with Crippen LogP contribution < -0.4 is 4.74 Å². The molecule has 2 fully saturated rings. The minimum Gasteiger partial charge on any atom is -0.504 e. The summed E-state index contributed by atoms with van der Waals surface area (Å²) in [5, 5.41) is 20.5. The Kier molecular flexibility index (Phi) is 5.29. The smallest absolute Gasteiger partial charge is 0.160 e. The van der Waals surface area contributed by atoms with Crippen molar-refractivity contribution in [1.82, 2.24) is 0 Å². The first-order chi connectivity index (χ1) is 10.5. The van der Waals surface area contributed by atoms with E-state index in [4.69, 9.17) is 4.74 Å². The second-order valence-electron chi connectivity index (χ2n) is 7.78. The van der Waals surface area contributed by atoms with E-state index in [9.17, 15) is 10.2 Å². The van der Waals surface area contributed by atoms with Gasteiger partial charge < -0.3 is 14.9 Å². The summed E-state index contributed by atoms with van der Waals surface area (Å²) in [5.41, 5.74) is 2.80. The minimum atomic E-state index is -0.116. The SMILES string of the molecule is C.COc1cc2c(cc1O)CCC1C2CCC2(C)C(O)CCC12.[2HH].[B]. The van der Waals surface area contributed by atoms with Crippen molar-refractivity contribution >= 4 is 8.41 Å². The third-order valence-electron chi connectivity index (χ3n) is 6.97. The van der Waals surface area contributed by atoms with E-state index in [2.05, 4.69) is 13.0 Å². The molecule has 3 nitrogen and oxygen atoms in total. The number of phenolic OH excluding ortho intramolecular Hbond substituents is 1. The predicted octanol–water partition coefficient (Wildman–Crippen LogP) is 4.12. The van der Waals surface area contributed by atoms with Crippen LogP contribution in [0.5, 0.6) is 11.5 Å². The summed E-state index contributed by atoms with van der Waals surface area (Å²) >= 11 is 0. The van der Waals surface area contributed by atoms with Crippen molar-refractivity contribution in [3.05, 3.63) is 23.3 Å². The van der Waals surface area contributed by atoms with Gasteiger partial charge in [0, 0.05) is 9.84 Å². The average molecular weight is 332 g/mol. The summed E-state index contributed by atoms with van der Waals surface area (Å²) in [6.45, 7) is 2.30. The molecule has 3 aliphatic carbocycles. The predicted molar refractivity (Wildman–Crippen MR) is 99.9 cm³/mol. The second-order valence-corrected chi connectivity index (χ2v) is 7.78. The van der Waals surface area contributed by atoms with Crippen LogP contribution in [0.15, 0.2) is 12.1 Å². The molecule has 0 bridgehead atoms. The van der Waals surface area contributed by atoms with Crippen LogP contribution in [0, 0.1) is 17.3 Å². The molecule has 0 aromatic heterocycles. The molecule has 133 valence electrons. The van der Waals surface area contributed by atoms with Crippen molar-refractivity contribution < 1.29 is 16.4 Å². The number of aliphatic hydroxyl groups excluding tert-OH is 1. The van der Waals surface area contributed by atoms with Gasteiger partial charge >= 0.3 is 0 Å². The van der Waals surface area contributed by atoms with E-state index in [1.165, 1.54) is 24.0 Å². The number of hydrogen-bond acceptors (Lipinski definition) is 3. The fraction of sp³-hybridized carbons (Fsp3) is 0.700. The second kappa shape index (κ2) is 6.63. The number of aliphatic hydroxyl groups is 1. The molecule has 3 radical (unpaired) electrons. The van der Waals surface area contributed by atoms with Gasteiger partial charge in [-0.3, -0.25) is 0 Å². The highest BCUT2D eigenvalue weighted by Crippen LogP contribution is 2.61. The van der Waals surface area contributed by atoms with Gasteiger partial charge in [-0.15, -0.1) is 0 Å². The average Bonchev–Trinajstić information content (AvgIpc) is 2.82. The molecule has 3 aliphatic rings. The first-order valence-electron chi connectivity index (χ1n) is 8.62. The van der Waals surface area contributed by atoms with Crippen molar-refractivity contribution in [3.63, 3.8) is 0 Å². The maximum absolute atomic E-state index is 10.4. The molecule has 2 N–H and O–H groups in total. The highest BCUT2D eigenvalue weighted by molar-refractivity contribution is 5.75. The normalized spacial score (nSPS) is 36.5. The molecular weight excluding hydrogens is 299 g/mol. The molecule has 0 spiro atoms.